The van der Waals surface area contributed by atoms with Gasteiger partial charge in [-0.3, -0.25) is 10.1 Å². The Bertz CT molecular complexity index is 1040. The Labute approximate surface area is 179 Å². The second kappa shape index (κ2) is 9.04. The van der Waals surface area contributed by atoms with Crippen LogP contribution in [-0.4, -0.2) is 24.1 Å². The van der Waals surface area contributed by atoms with Gasteiger partial charge in [0.05, 0.1) is 0 Å². The highest BCUT2D eigenvalue weighted by Crippen LogP contribution is 2.29. The first kappa shape index (κ1) is 21.4. The third-order valence-corrected chi connectivity index (χ3v) is 5.16. The Balaban J connectivity index is 1.58. The summed E-state index contributed by atoms with van der Waals surface area (Å²) in [6.45, 7) is 6.02. The summed E-state index contributed by atoms with van der Waals surface area (Å²) in [4.78, 5) is 25.9. The number of hydrogen-bond acceptors (Lipinski definition) is 5. The van der Waals surface area contributed by atoms with E-state index in [4.69, 9.17) is 4.52 Å². The van der Waals surface area contributed by atoms with Crippen molar-refractivity contribution in [3.8, 4) is 0 Å². The molecule has 2 aromatic carbocycles. The Kier molecular flexibility index (Phi) is 6.47. The van der Waals surface area contributed by atoms with Gasteiger partial charge in [0.1, 0.15) is 5.76 Å². The van der Waals surface area contributed by atoms with E-state index >= 15 is 0 Å². The molecule has 0 saturated carbocycles. The van der Waals surface area contributed by atoms with Gasteiger partial charge in [-0.25, -0.2) is 4.79 Å². The van der Waals surface area contributed by atoms with Crippen LogP contribution < -0.4 is 16.0 Å². The Morgan fingerprint density at radius 2 is 1.70 bits per heavy atom. The second-order valence-electron chi connectivity index (χ2n) is 7.64. The number of amides is 3. The van der Waals surface area contributed by atoms with Crippen molar-refractivity contribution >= 4 is 35.2 Å². The quantitative estimate of drug-likeness (QED) is 0.528. The Morgan fingerprint density at radius 1 is 0.967 bits per heavy atom. The molecule has 0 fully saturated rings. The van der Waals surface area contributed by atoms with E-state index in [1.165, 1.54) is 11.8 Å². The van der Waals surface area contributed by atoms with Crippen LogP contribution >= 0.6 is 11.8 Å². The maximum atomic E-state index is 12.2. The molecular formula is C22H24N4O3S. The number of nitrogens with one attached hydrogen (secondary N) is 3. The summed E-state index contributed by atoms with van der Waals surface area (Å²) in [5, 5.41) is 11.9. The van der Waals surface area contributed by atoms with Gasteiger partial charge >= 0.3 is 6.03 Å². The van der Waals surface area contributed by atoms with Crippen molar-refractivity contribution in [3.63, 3.8) is 0 Å². The molecule has 1 aromatic heterocycles. The van der Waals surface area contributed by atoms with Gasteiger partial charge in [0.2, 0.25) is 0 Å². The topological polar surface area (TPSA) is 96.3 Å². The summed E-state index contributed by atoms with van der Waals surface area (Å²) < 4.78 is 5.26. The standard InChI is InChI=1S/C22H24N4O3S/c1-22(2,3)18-13-19(26-29-18)25-21(28)24-15-8-10-16(11-9-15)30-17-7-5-6-14(12-17)20(27)23-4/h5-13H,1-4H3,(H,23,27)(H2,24,25,26,28). The van der Waals surface area contributed by atoms with Crippen LogP contribution in [0.25, 0.3) is 0 Å². The average Bonchev–Trinajstić information content (AvgIpc) is 3.18. The maximum Gasteiger partial charge on any atom is 0.324 e. The van der Waals surface area contributed by atoms with Gasteiger partial charge in [-0.2, -0.15) is 0 Å². The molecule has 0 saturated heterocycles. The molecule has 3 aromatic rings. The van der Waals surface area contributed by atoms with E-state index in [1.807, 2.05) is 63.2 Å². The molecule has 3 rings (SSSR count). The lowest BCUT2D eigenvalue weighted by Crippen LogP contribution is -2.19. The van der Waals surface area contributed by atoms with Crippen molar-refractivity contribution in [2.45, 2.75) is 36.0 Å². The molecule has 0 unspecified atom stereocenters. The summed E-state index contributed by atoms with van der Waals surface area (Å²) in [5.74, 6) is 0.935. The molecule has 8 heteroatoms. The number of urea groups is 1. The minimum Gasteiger partial charge on any atom is -0.359 e. The van der Waals surface area contributed by atoms with E-state index < -0.39 is 6.03 Å². The number of carbonyl (C=O) groups is 2. The van der Waals surface area contributed by atoms with Gasteiger partial charge in [0, 0.05) is 39.6 Å². The Morgan fingerprint density at radius 3 is 2.33 bits per heavy atom. The van der Waals surface area contributed by atoms with Gasteiger partial charge in [0.15, 0.2) is 5.82 Å². The summed E-state index contributed by atoms with van der Waals surface area (Å²) in [6, 6.07) is 16.2. The zero-order valence-corrected chi connectivity index (χ0v) is 18.1. The monoisotopic (exact) mass is 424 g/mol. The SMILES string of the molecule is CNC(=O)c1cccc(Sc2ccc(NC(=O)Nc3cc(C(C)(C)C)on3)cc2)c1. The maximum absolute atomic E-state index is 12.2. The number of carbonyl (C=O) groups excluding carboxylic acids is 2. The van der Waals surface area contributed by atoms with Crippen molar-refractivity contribution in [2.75, 3.05) is 17.7 Å². The molecule has 0 aliphatic heterocycles. The largest absolute Gasteiger partial charge is 0.359 e. The van der Waals surface area contributed by atoms with E-state index in [1.54, 1.807) is 19.2 Å². The highest BCUT2D eigenvalue weighted by atomic mass is 32.2. The highest BCUT2D eigenvalue weighted by molar-refractivity contribution is 7.99. The third-order valence-electron chi connectivity index (χ3n) is 4.16. The zero-order chi connectivity index (χ0) is 21.7. The first-order chi connectivity index (χ1) is 14.2. The van der Waals surface area contributed by atoms with Gasteiger partial charge in [-0.1, -0.05) is 43.8 Å². The number of anilines is 2. The molecular weight excluding hydrogens is 400 g/mol. The highest BCUT2D eigenvalue weighted by Gasteiger charge is 2.20. The van der Waals surface area contributed by atoms with E-state index in [0.717, 1.165) is 9.79 Å². The zero-order valence-electron chi connectivity index (χ0n) is 17.3. The molecule has 3 amide bonds. The Hall–Kier alpha value is -3.26. The first-order valence-electron chi connectivity index (χ1n) is 9.40. The minimum absolute atomic E-state index is 0.121. The van der Waals surface area contributed by atoms with Crippen LogP contribution in [0.5, 0.6) is 0 Å². The summed E-state index contributed by atoms with van der Waals surface area (Å²) in [7, 11) is 1.61. The van der Waals surface area contributed by atoms with Crippen LogP contribution in [0, 0.1) is 0 Å². The van der Waals surface area contributed by atoms with Crippen LogP contribution in [0.4, 0.5) is 16.3 Å². The van der Waals surface area contributed by atoms with Crippen molar-refractivity contribution in [1.29, 1.82) is 0 Å². The van der Waals surface area contributed by atoms with Crippen LogP contribution in [0.2, 0.25) is 0 Å². The van der Waals surface area contributed by atoms with Gasteiger partial charge in [-0.05, 0) is 42.5 Å². The lowest BCUT2D eigenvalue weighted by molar-refractivity contribution is 0.0963. The van der Waals surface area contributed by atoms with Crippen LogP contribution in [0.3, 0.4) is 0 Å². The molecule has 0 aliphatic rings. The second-order valence-corrected chi connectivity index (χ2v) is 8.79. The number of rotatable bonds is 5. The smallest absolute Gasteiger partial charge is 0.324 e. The predicted octanol–water partition coefficient (Wildman–Crippen LogP) is 5.13. The summed E-state index contributed by atoms with van der Waals surface area (Å²) in [6.07, 6.45) is 0. The molecule has 156 valence electrons. The van der Waals surface area contributed by atoms with E-state index in [-0.39, 0.29) is 11.3 Å². The molecule has 3 N–H and O–H groups in total. The summed E-state index contributed by atoms with van der Waals surface area (Å²) >= 11 is 1.53. The van der Waals surface area contributed by atoms with Crippen molar-refractivity contribution < 1.29 is 14.1 Å². The first-order valence-corrected chi connectivity index (χ1v) is 10.2. The third kappa shape index (κ3) is 5.64. The molecule has 0 radical (unpaired) electrons. The molecule has 30 heavy (non-hydrogen) atoms. The number of hydrogen-bond donors (Lipinski definition) is 3. The molecule has 7 nitrogen and oxygen atoms in total. The van der Waals surface area contributed by atoms with Gasteiger partial charge in [0.25, 0.3) is 5.91 Å². The molecule has 0 atom stereocenters. The van der Waals surface area contributed by atoms with E-state index in [9.17, 15) is 9.59 Å². The number of benzene rings is 2. The predicted molar refractivity (Wildman–Crippen MR) is 118 cm³/mol. The lowest BCUT2D eigenvalue weighted by Gasteiger charge is -2.12. The molecule has 0 spiro atoms. The van der Waals surface area contributed by atoms with Crippen molar-refractivity contribution in [2.24, 2.45) is 0 Å². The van der Waals surface area contributed by atoms with Crippen molar-refractivity contribution in [3.05, 3.63) is 65.9 Å². The normalized spacial score (nSPS) is 11.1. The average molecular weight is 425 g/mol. The van der Waals surface area contributed by atoms with E-state index in [2.05, 4.69) is 21.1 Å². The minimum atomic E-state index is -0.401. The van der Waals surface area contributed by atoms with Gasteiger partial charge < -0.3 is 15.2 Å². The number of nitrogens with zero attached hydrogens (tertiary/aromatic N) is 1. The fourth-order valence-corrected chi connectivity index (χ4v) is 3.43. The fourth-order valence-electron chi connectivity index (χ4n) is 2.55. The summed E-state index contributed by atoms with van der Waals surface area (Å²) in [5.41, 5.74) is 1.08. The number of aromatic nitrogens is 1. The van der Waals surface area contributed by atoms with Crippen molar-refractivity contribution in [1.82, 2.24) is 10.5 Å². The van der Waals surface area contributed by atoms with E-state index in [0.29, 0.717) is 22.8 Å². The van der Waals surface area contributed by atoms with Crippen LogP contribution in [-0.2, 0) is 5.41 Å². The van der Waals surface area contributed by atoms with Crippen LogP contribution in [0.15, 0.2) is 68.9 Å². The van der Waals surface area contributed by atoms with Gasteiger partial charge in [-0.15, -0.1) is 0 Å². The van der Waals surface area contributed by atoms with Crippen LogP contribution in [0.1, 0.15) is 36.9 Å². The fraction of sp³-hybridized carbons (Fsp3) is 0.227. The lowest BCUT2D eigenvalue weighted by atomic mass is 9.93. The molecule has 0 aliphatic carbocycles. The molecule has 0 bridgehead atoms. The molecule has 1 heterocycles.